The molecule has 28 heavy (non-hydrogen) atoms. The van der Waals surface area contributed by atoms with Crippen molar-refractivity contribution >= 4 is 23.3 Å². The topological polar surface area (TPSA) is 64.1 Å². The lowest BCUT2D eigenvalue weighted by atomic mass is 9.95. The average Bonchev–Trinajstić information content (AvgIpc) is 2.71. The van der Waals surface area contributed by atoms with Gasteiger partial charge in [0.1, 0.15) is 23.1 Å². The van der Waals surface area contributed by atoms with Crippen LogP contribution in [0, 0.1) is 0 Å². The molecule has 0 saturated carbocycles. The molecular weight excluding hydrogens is 374 g/mol. The van der Waals surface area contributed by atoms with Gasteiger partial charge in [-0.1, -0.05) is 37.6 Å². The zero-order valence-electron chi connectivity index (χ0n) is 15.9. The minimum atomic E-state index is -0.273. The number of anilines is 1. The SMILES string of the molecule is CCc1nccc(NC(=O)C(CC)c2ccc(Oc3ccc(Cl)cc3)cc2)n1. The lowest BCUT2D eigenvalue weighted by molar-refractivity contribution is -0.117. The van der Waals surface area contributed by atoms with E-state index in [1.807, 2.05) is 50.2 Å². The molecule has 0 aliphatic heterocycles. The number of ether oxygens (including phenoxy) is 1. The zero-order chi connectivity index (χ0) is 19.9. The molecule has 3 aromatic rings. The summed E-state index contributed by atoms with van der Waals surface area (Å²) in [5, 5.41) is 3.55. The molecule has 144 valence electrons. The van der Waals surface area contributed by atoms with Crippen LogP contribution in [0.3, 0.4) is 0 Å². The Hall–Kier alpha value is -2.92. The molecule has 0 aliphatic carbocycles. The van der Waals surface area contributed by atoms with Crippen LogP contribution in [0.15, 0.2) is 60.8 Å². The van der Waals surface area contributed by atoms with Gasteiger partial charge >= 0.3 is 0 Å². The van der Waals surface area contributed by atoms with Crippen molar-refractivity contribution in [2.45, 2.75) is 32.6 Å². The van der Waals surface area contributed by atoms with E-state index in [2.05, 4.69) is 15.3 Å². The number of nitrogens with zero attached hydrogens (tertiary/aromatic N) is 2. The summed E-state index contributed by atoms with van der Waals surface area (Å²) in [5.74, 6) is 2.27. The fraction of sp³-hybridized carbons (Fsp3) is 0.227. The number of carbonyl (C=O) groups is 1. The molecule has 0 aliphatic rings. The standard InChI is InChI=1S/C22H22ClN3O2/c1-3-19(22(27)26-21-13-14-24-20(4-2)25-21)15-5-9-17(10-6-15)28-18-11-7-16(23)8-12-18/h5-14,19H,3-4H2,1-2H3,(H,24,25,26,27). The molecule has 3 rings (SSSR count). The summed E-state index contributed by atoms with van der Waals surface area (Å²) in [6, 6.07) is 16.4. The van der Waals surface area contributed by atoms with Gasteiger partial charge in [-0.3, -0.25) is 4.79 Å². The molecule has 0 spiro atoms. The molecule has 0 bridgehead atoms. The summed E-state index contributed by atoms with van der Waals surface area (Å²) in [7, 11) is 0. The lowest BCUT2D eigenvalue weighted by Gasteiger charge is -2.16. The minimum Gasteiger partial charge on any atom is -0.457 e. The predicted octanol–water partition coefficient (Wildman–Crippen LogP) is 5.62. The number of hydrogen-bond acceptors (Lipinski definition) is 4. The van der Waals surface area contributed by atoms with E-state index in [-0.39, 0.29) is 11.8 Å². The second-order valence-corrected chi connectivity index (χ2v) is 6.72. The quantitative estimate of drug-likeness (QED) is 0.564. The number of amides is 1. The number of rotatable bonds is 7. The van der Waals surface area contributed by atoms with Crippen molar-refractivity contribution in [3.05, 3.63) is 77.2 Å². The van der Waals surface area contributed by atoms with E-state index < -0.39 is 0 Å². The summed E-state index contributed by atoms with van der Waals surface area (Å²) < 4.78 is 5.81. The van der Waals surface area contributed by atoms with Gasteiger partial charge in [0.25, 0.3) is 0 Å². The Labute approximate surface area is 169 Å². The Morgan fingerprint density at radius 1 is 1.04 bits per heavy atom. The van der Waals surface area contributed by atoms with Crippen LogP contribution in [-0.4, -0.2) is 15.9 Å². The highest BCUT2D eigenvalue weighted by atomic mass is 35.5. The van der Waals surface area contributed by atoms with Crippen LogP contribution < -0.4 is 10.1 Å². The van der Waals surface area contributed by atoms with Crippen LogP contribution in [0.4, 0.5) is 5.82 Å². The number of benzene rings is 2. The summed E-state index contributed by atoms with van der Waals surface area (Å²) in [6.45, 7) is 3.96. The first-order valence-corrected chi connectivity index (χ1v) is 9.63. The van der Waals surface area contributed by atoms with Crippen molar-refractivity contribution in [1.82, 2.24) is 9.97 Å². The van der Waals surface area contributed by atoms with E-state index in [1.165, 1.54) is 0 Å². The largest absolute Gasteiger partial charge is 0.457 e. The highest BCUT2D eigenvalue weighted by Gasteiger charge is 2.19. The van der Waals surface area contributed by atoms with Crippen molar-refractivity contribution in [2.24, 2.45) is 0 Å². The van der Waals surface area contributed by atoms with Gasteiger partial charge in [-0.2, -0.15) is 0 Å². The predicted molar refractivity (Wildman–Crippen MR) is 111 cm³/mol. The second kappa shape index (κ2) is 9.33. The monoisotopic (exact) mass is 395 g/mol. The van der Waals surface area contributed by atoms with Crippen molar-refractivity contribution in [3.8, 4) is 11.5 Å². The van der Waals surface area contributed by atoms with Gasteiger partial charge in [-0.25, -0.2) is 9.97 Å². The van der Waals surface area contributed by atoms with E-state index in [4.69, 9.17) is 16.3 Å². The molecule has 1 aromatic heterocycles. The number of nitrogens with one attached hydrogen (secondary N) is 1. The van der Waals surface area contributed by atoms with E-state index in [0.29, 0.717) is 34.6 Å². The van der Waals surface area contributed by atoms with Crippen molar-refractivity contribution < 1.29 is 9.53 Å². The normalized spacial score (nSPS) is 11.7. The third kappa shape index (κ3) is 5.08. The molecule has 1 N–H and O–H groups in total. The summed E-state index contributed by atoms with van der Waals surface area (Å²) >= 11 is 5.89. The van der Waals surface area contributed by atoms with Gasteiger partial charge < -0.3 is 10.1 Å². The number of hydrogen-bond donors (Lipinski definition) is 1. The van der Waals surface area contributed by atoms with Crippen LogP contribution in [0.25, 0.3) is 0 Å². The number of aryl methyl sites for hydroxylation is 1. The first-order valence-electron chi connectivity index (χ1n) is 9.25. The van der Waals surface area contributed by atoms with Crippen LogP contribution in [0.2, 0.25) is 5.02 Å². The number of carbonyl (C=O) groups excluding carboxylic acids is 1. The highest BCUT2D eigenvalue weighted by molar-refractivity contribution is 6.30. The average molecular weight is 396 g/mol. The van der Waals surface area contributed by atoms with Crippen LogP contribution >= 0.6 is 11.6 Å². The lowest BCUT2D eigenvalue weighted by Crippen LogP contribution is -2.21. The van der Waals surface area contributed by atoms with Gasteiger partial charge in [-0.15, -0.1) is 0 Å². The van der Waals surface area contributed by atoms with Crippen molar-refractivity contribution in [1.29, 1.82) is 0 Å². The maximum atomic E-state index is 12.7. The Morgan fingerprint density at radius 3 is 2.29 bits per heavy atom. The third-order valence-electron chi connectivity index (χ3n) is 4.33. The van der Waals surface area contributed by atoms with Crippen molar-refractivity contribution in [2.75, 3.05) is 5.32 Å². The summed E-state index contributed by atoms with van der Waals surface area (Å²) in [6.07, 6.45) is 3.05. The minimum absolute atomic E-state index is 0.0883. The van der Waals surface area contributed by atoms with Gasteiger partial charge in [0.15, 0.2) is 0 Å². The number of aromatic nitrogens is 2. The van der Waals surface area contributed by atoms with Crippen molar-refractivity contribution in [3.63, 3.8) is 0 Å². The van der Waals surface area contributed by atoms with Crippen LogP contribution in [-0.2, 0) is 11.2 Å². The molecule has 2 aromatic carbocycles. The van der Waals surface area contributed by atoms with E-state index in [9.17, 15) is 4.79 Å². The first kappa shape index (κ1) is 19.8. The van der Waals surface area contributed by atoms with Gasteiger partial charge in [0.05, 0.1) is 5.92 Å². The second-order valence-electron chi connectivity index (χ2n) is 6.29. The maximum absolute atomic E-state index is 12.7. The molecule has 1 atom stereocenters. The fourth-order valence-electron chi connectivity index (χ4n) is 2.83. The summed E-state index contributed by atoms with van der Waals surface area (Å²) in [4.78, 5) is 21.2. The first-order chi connectivity index (χ1) is 13.6. The number of halogens is 1. The molecule has 6 heteroatoms. The molecule has 1 heterocycles. The Morgan fingerprint density at radius 2 is 1.68 bits per heavy atom. The van der Waals surface area contributed by atoms with E-state index in [0.717, 1.165) is 12.0 Å². The molecule has 0 radical (unpaired) electrons. The Bertz CT molecular complexity index is 927. The van der Waals surface area contributed by atoms with Gasteiger partial charge in [-0.05, 0) is 54.4 Å². The third-order valence-corrected chi connectivity index (χ3v) is 4.58. The molecule has 5 nitrogen and oxygen atoms in total. The Balaban J connectivity index is 1.69. The highest BCUT2D eigenvalue weighted by Crippen LogP contribution is 2.27. The smallest absolute Gasteiger partial charge is 0.233 e. The van der Waals surface area contributed by atoms with E-state index in [1.54, 1.807) is 24.4 Å². The summed E-state index contributed by atoms with van der Waals surface area (Å²) in [5.41, 5.74) is 0.924. The molecular formula is C22H22ClN3O2. The molecule has 0 saturated heterocycles. The van der Waals surface area contributed by atoms with Gasteiger partial charge in [0, 0.05) is 17.6 Å². The Kier molecular flexibility index (Phi) is 6.61. The molecule has 0 fully saturated rings. The fourth-order valence-corrected chi connectivity index (χ4v) is 2.96. The molecule has 1 unspecified atom stereocenters. The van der Waals surface area contributed by atoms with Crippen LogP contribution in [0.1, 0.15) is 37.6 Å². The molecule has 1 amide bonds. The maximum Gasteiger partial charge on any atom is 0.233 e. The van der Waals surface area contributed by atoms with Crippen LogP contribution in [0.5, 0.6) is 11.5 Å². The van der Waals surface area contributed by atoms with E-state index >= 15 is 0 Å². The zero-order valence-corrected chi connectivity index (χ0v) is 16.6. The van der Waals surface area contributed by atoms with Gasteiger partial charge in [0.2, 0.25) is 5.91 Å².